The first kappa shape index (κ1) is 15.1. The van der Waals surface area contributed by atoms with E-state index >= 15 is 0 Å². The molecule has 18 heavy (non-hydrogen) atoms. The molecule has 0 aromatic heterocycles. The van der Waals surface area contributed by atoms with Crippen LogP contribution in [0.3, 0.4) is 0 Å². The van der Waals surface area contributed by atoms with E-state index < -0.39 is 0 Å². The summed E-state index contributed by atoms with van der Waals surface area (Å²) in [5.74, 6) is 0.133. The van der Waals surface area contributed by atoms with Gasteiger partial charge in [-0.15, -0.1) is 0 Å². The molecule has 0 spiro atoms. The van der Waals surface area contributed by atoms with Crippen molar-refractivity contribution in [3.63, 3.8) is 0 Å². The zero-order valence-electron chi connectivity index (χ0n) is 11.8. The molecule has 0 aliphatic carbocycles. The molecule has 0 amide bonds. The van der Waals surface area contributed by atoms with E-state index in [1.54, 1.807) is 0 Å². The highest BCUT2D eigenvalue weighted by molar-refractivity contribution is 7.80. The van der Waals surface area contributed by atoms with Crippen molar-refractivity contribution in [2.45, 2.75) is 26.7 Å². The molecule has 0 aliphatic rings. The molecule has 0 radical (unpaired) electrons. The first-order valence-corrected chi connectivity index (χ1v) is 6.73. The summed E-state index contributed by atoms with van der Waals surface area (Å²) in [6, 6.07) is 10.3. The summed E-state index contributed by atoms with van der Waals surface area (Å²) in [7, 11) is 2.12. The highest BCUT2D eigenvalue weighted by atomic mass is 32.1. The normalized spacial score (nSPS) is 13.6. The maximum Gasteiger partial charge on any atom is 0.0816 e. The van der Waals surface area contributed by atoms with Gasteiger partial charge in [0, 0.05) is 19.0 Å². The van der Waals surface area contributed by atoms with E-state index in [0.29, 0.717) is 4.99 Å². The zero-order valence-corrected chi connectivity index (χ0v) is 12.6. The van der Waals surface area contributed by atoms with Crippen molar-refractivity contribution in [2.24, 2.45) is 11.1 Å². The third kappa shape index (κ3) is 5.15. The highest BCUT2D eigenvalue weighted by Crippen LogP contribution is 2.20. The van der Waals surface area contributed by atoms with Crippen molar-refractivity contribution in [2.75, 3.05) is 20.1 Å². The van der Waals surface area contributed by atoms with Crippen molar-refractivity contribution >= 4 is 17.2 Å². The van der Waals surface area contributed by atoms with E-state index in [4.69, 9.17) is 18.0 Å². The molecule has 1 aromatic rings. The summed E-state index contributed by atoms with van der Waals surface area (Å²) in [6.45, 7) is 8.61. The van der Waals surface area contributed by atoms with Gasteiger partial charge in [0.25, 0.3) is 0 Å². The third-order valence-corrected chi connectivity index (χ3v) is 3.07. The Morgan fingerprint density at radius 3 is 2.28 bits per heavy atom. The molecule has 0 saturated carbocycles. The quantitative estimate of drug-likeness (QED) is 0.829. The Balaban J connectivity index is 2.74. The van der Waals surface area contributed by atoms with Gasteiger partial charge in [0.1, 0.15) is 0 Å². The zero-order chi connectivity index (χ0) is 13.8. The smallest absolute Gasteiger partial charge is 0.0816 e. The van der Waals surface area contributed by atoms with Crippen LogP contribution in [0.25, 0.3) is 0 Å². The van der Waals surface area contributed by atoms with Gasteiger partial charge in [-0.05, 0) is 18.0 Å². The molecule has 2 nitrogen and oxygen atoms in total. The monoisotopic (exact) mass is 264 g/mol. The van der Waals surface area contributed by atoms with Crippen molar-refractivity contribution in [3.05, 3.63) is 35.9 Å². The van der Waals surface area contributed by atoms with Gasteiger partial charge in [0.15, 0.2) is 0 Å². The second-order valence-corrected chi connectivity index (χ2v) is 6.59. The lowest BCUT2D eigenvalue weighted by atomic mass is 9.94. The summed E-state index contributed by atoms with van der Waals surface area (Å²) >= 11 is 5.21. The van der Waals surface area contributed by atoms with E-state index in [9.17, 15) is 0 Å². The lowest BCUT2D eigenvalue weighted by molar-refractivity contribution is 0.225. The summed E-state index contributed by atoms with van der Waals surface area (Å²) in [5.41, 5.74) is 7.37. The van der Waals surface area contributed by atoms with E-state index in [0.717, 1.165) is 13.1 Å². The Morgan fingerprint density at radius 1 is 1.28 bits per heavy atom. The van der Waals surface area contributed by atoms with Gasteiger partial charge < -0.3 is 10.6 Å². The molecular weight excluding hydrogens is 240 g/mol. The van der Waals surface area contributed by atoms with Gasteiger partial charge in [-0.3, -0.25) is 0 Å². The number of benzene rings is 1. The number of likely N-dealkylation sites (N-methyl/N-ethyl adjacent to an activating group) is 1. The van der Waals surface area contributed by atoms with Crippen LogP contribution in [0.4, 0.5) is 0 Å². The predicted molar refractivity (Wildman–Crippen MR) is 82.9 cm³/mol. The fourth-order valence-corrected chi connectivity index (χ4v) is 2.44. The Bertz CT molecular complexity index is 381. The van der Waals surface area contributed by atoms with Gasteiger partial charge >= 0.3 is 0 Å². The fourth-order valence-electron chi connectivity index (χ4n) is 2.23. The SMILES string of the molecule is CN(CC(C(N)=S)c1ccccc1)CC(C)(C)C. The minimum atomic E-state index is 0.133. The summed E-state index contributed by atoms with van der Waals surface area (Å²) in [5, 5.41) is 0. The van der Waals surface area contributed by atoms with Crippen LogP contribution in [0.15, 0.2) is 30.3 Å². The molecule has 100 valence electrons. The third-order valence-electron chi connectivity index (χ3n) is 2.78. The highest BCUT2D eigenvalue weighted by Gasteiger charge is 2.20. The minimum Gasteiger partial charge on any atom is -0.393 e. The van der Waals surface area contributed by atoms with Crippen molar-refractivity contribution < 1.29 is 0 Å². The average molecular weight is 264 g/mol. The van der Waals surface area contributed by atoms with E-state index in [1.165, 1.54) is 5.56 Å². The standard InChI is InChI=1S/C15H24N2S/c1-15(2,3)11-17(4)10-13(14(16)18)12-8-6-5-7-9-12/h5-9,13H,10-11H2,1-4H3,(H2,16,18). The number of hydrogen-bond donors (Lipinski definition) is 1. The van der Waals surface area contributed by atoms with Crippen molar-refractivity contribution in [3.8, 4) is 0 Å². The first-order chi connectivity index (χ1) is 8.29. The summed E-state index contributed by atoms with van der Waals surface area (Å²) in [6.07, 6.45) is 0. The van der Waals surface area contributed by atoms with Crippen molar-refractivity contribution in [1.29, 1.82) is 0 Å². The van der Waals surface area contributed by atoms with Crippen LogP contribution in [0, 0.1) is 5.41 Å². The Hall–Kier alpha value is -0.930. The van der Waals surface area contributed by atoms with Gasteiger partial charge in [-0.2, -0.15) is 0 Å². The van der Waals surface area contributed by atoms with E-state index in [2.05, 4.69) is 44.9 Å². The van der Waals surface area contributed by atoms with Crippen LogP contribution in [-0.2, 0) is 0 Å². The molecule has 3 heteroatoms. The predicted octanol–water partition coefficient (Wildman–Crippen LogP) is 3.03. The van der Waals surface area contributed by atoms with E-state index in [-0.39, 0.29) is 11.3 Å². The van der Waals surface area contributed by atoms with Crippen LogP contribution in [0.5, 0.6) is 0 Å². The molecule has 1 aromatic carbocycles. The first-order valence-electron chi connectivity index (χ1n) is 6.32. The maximum absolute atomic E-state index is 5.89. The van der Waals surface area contributed by atoms with Crippen LogP contribution in [0.1, 0.15) is 32.3 Å². The van der Waals surface area contributed by atoms with Gasteiger partial charge in [-0.25, -0.2) is 0 Å². The number of nitrogens with two attached hydrogens (primary N) is 1. The van der Waals surface area contributed by atoms with E-state index in [1.807, 2.05) is 18.2 Å². The molecule has 0 fully saturated rings. The molecule has 1 unspecified atom stereocenters. The molecule has 0 bridgehead atoms. The maximum atomic E-state index is 5.89. The Morgan fingerprint density at radius 2 is 1.83 bits per heavy atom. The molecule has 0 saturated heterocycles. The summed E-state index contributed by atoms with van der Waals surface area (Å²) < 4.78 is 0. The topological polar surface area (TPSA) is 29.3 Å². The Labute approximate surface area is 116 Å². The second kappa shape index (κ2) is 6.30. The van der Waals surface area contributed by atoms with Crippen LogP contribution in [-0.4, -0.2) is 30.0 Å². The lowest BCUT2D eigenvalue weighted by Crippen LogP contribution is -2.36. The minimum absolute atomic E-state index is 0.133. The number of nitrogens with zero attached hydrogens (tertiary/aromatic N) is 1. The van der Waals surface area contributed by atoms with Crippen LogP contribution in [0.2, 0.25) is 0 Å². The van der Waals surface area contributed by atoms with Gasteiger partial charge in [0.05, 0.1) is 4.99 Å². The lowest BCUT2D eigenvalue weighted by Gasteiger charge is -2.29. The average Bonchev–Trinajstić information content (AvgIpc) is 2.24. The Kier molecular flexibility index (Phi) is 5.29. The van der Waals surface area contributed by atoms with Gasteiger partial charge in [0.2, 0.25) is 0 Å². The number of rotatable bonds is 5. The number of thiocarbonyl (C=S) groups is 1. The number of hydrogen-bond acceptors (Lipinski definition) is 2. The summed E-state index contributed by atoms with van der Waals surface area (Å²) in [4.78, 5) is 2.87. The molecule has 0 aliphatic heterocycles. The fraction of sp³-hybridized carbons (Fsp3) is 0.533. The second-order valence-electron chi connectivity index (χ2n) is 6.12. The van der Waals surface area contributed by atoms with Crippen LogP contribution >= 0.6 is 12.2 Å². The van der Waals surface area contributed by atoms with Crippen molar-refractivity contribution in [1.82, 2.24) is 4.90 Å². The molecule has 1 atom stereocenters. The molecule has 2 N–H and O–H groups in total. The molecule has 0 heterocycles. The molecule has 1 rings (SSSR count). The molecular formula is C15H24N2S. The largest absolute Gasteiger partial charge is 0.393 e. The van der Waals surface area contributed by atoms with Gasteiger partial charge in [-0.1, -0.05) is 63.3 Å². The van der Waals surface area contributed by atoms with Crippen LogP contribution < -0.4 is 5.73 Å².